The molecule has 3 heterocycles. The van der Waals surface area contributed by atoms with Crippen LogP contribution in [-0.2, 0) is 0 Å². The molecule has 0 aliphatic carbocycles. The molecule has 0 amide bonds. The highest BCUT2D eigenvalue weighted by atomic mass is 32.1. The number of aliphatic hydroxyl groups is 1. The van der Waals surface area contributed by atoms with Crippen molar-refractivity contribution in [3.63, 3.8) is 0 Å². The quantitative estimate of drug-likeness (QED) is 0.613. The summed E-state index contributed by atoms with van der Waals surface area (Å²) in [6.45, 7) is 6.12. The maximum Gasteiger partial charge on any atom is 0.235 e. The van der Waals surface area contributed by atoms with Crippen molar-refractivity contribution in [2.75, 3.05) is 19.7 Å². The smallest absolute Gasteiger partial charge is 0.235 e. The number of nitrogens with one attached hydrogen (secondary N) is 1. The molecule has 0 saturated carbocycles. The van der Waals surface area contributed by atoms with Gasteiger partial charge in [-0.1, -0.05) is 11.3 Å². The molecule has 0 bridgehead atoms. The lowest BCUT2D eigenvalue weighted by atomic mass is 9.99. The van der Waals surface area contributed by atoms with Crippen molar-refractivity contribution in [2.45, 2.75) is 38.8 Å². The first-order valence-electron chi connectivity index (χ1n) is 9.37. The number of rotatable bonds is 5. The number of hydrogen-bond donors (Lipinski definition) is 3. The number of quaternary nitrogens is 1. The zero-order valence-corrected chi connectivity index (χ0v) is 16.4. The summed E-state index contributed by atoms with van der Waals surface area (Å²) in [5, 5.41) is 25.1. The molecule has 4 rings (SSSR count). The molecule has 8 heteroatoms. The molecule has 2 aromatic heterocycles. The second-order valence-electron chi connectivity index (χ2n) is 6.97. The number of aromatic nitrogens is 3. The fraction of sp³-hybridized carbons (Fsp3) is 0.474. The summed E-state index contributed by atoms with van der Waals surface area (Å²) < 4.78 is 7.09. The fourth-order valence-corrected chi connectivity index (χ4v) is 4.98. The standard InChI is InChI=1S/C19H24N4O3S/c1-3-26-15-6-4-13(5-7-15)16(22-10-8-14(24)9-11-22)17-18(25)23-19(27-17)20-12(2)21-23/h4-7,14,16,24-25H,3,8-11H2,1-2H3/p+1/t16-/m1/s1. The van der Waals surface area contributed by atoms with E-state index in [2.05, 4.69) is 22.2 Å². The number of likely N-dealkylation sites (tertiary alicyclic amines) is 1. The number of hydrogen-bond acceptors (Lipinski definition) is 6. The molecule has 3 N–H and O–H groups in total. The molecule has 1 fully saturated rings. The van der Waals surface area contributed by atoms with Crippen molar-refractivity contribution in [1.82, 2.24) is 14.6 Å². The minimum atomic E-state index is -0.228. The van der Waals surface area contributed by atoms with Gasteiger partial charge < -0.3 is 19.8 Å². The summed E-state index contributed by atoms with van der Waals surface area (Å²) in [5.74, 6) is 1.65. The molecule has 27 heavy (non-hydrogen) atoms. The Morgan fingerprint density at radius 1 is 1.30 bits per heavy atom. The second kappa shape index (κ2) is 7.46. The van der Waals surface area contributed by atoms with Gasteiger partial charge in [0, 0.05) is 18.4 Å². The number of thiazole rings is 1. The molecule has 1 aromatic carbocycles. The second-order valence-corrected chi connectivity index (χ2v) is 7.98. The third kappa shape index (κ3) is 3.52. The van der Waals surface area contributed by atoms with Crippen molar-refractivity contribution < 1.29 is 19.8 Å². The SMILES string of the molecule is CCOc1ccc([C@H](c2sc3nc(C)nn3c2O)[NH+]2CCC(O)CC2)cc1. The molecular weight excluding hydrogens is 364 g/mol. The van der Waals surface area contributed by atoms with Gasteiger partial charge >= 0.3 is 0 Å². The maximum absolute atomic E-state index is 10.8. The molecule has 144 valence electrons. The summed E-state index contributed by atoms with van der Waals surface area (Å²) in [5.41, 5.74) is 1.11. The van der Waals surface area contributed by atoms with E-state index in [1.807, 2.05) is 26.0 Å². The number of aliphatic hydroxyl groups excluding tert-OH is 1. The lowest BCUT2D eigenvalue weighted by Gasteiger charge is -2.33. The zero-order valence-electron chi connectivity index (χ0n) is 15.6. The average Bonchev–Trinajstić information content (AvgIpc) is 3.16. The van der Waals surface area contributed by atoms with E-state index >= 15 is 0 Å². The van der Waals surface area contributed by atoms with E-state index in [0.717, 1.165) is 42.1 Å². The lowest BCUT2D eigenvalue weighted by Crippen LogP contribution is -3.13. The van der Waals surface area contributed by atoms with E-state index in [4.69, 9.17) is 4.74 Å². The van der Waals surface area contributed by atoms with Crippen molar-refractivity contribution in [3.05, 3.63) is 40.5 Å². The van der Waals surface area contributed by atoms with Gasteiger partial charge in [0.1, 0.15) is 16.5 Å². The molecule has 1 aliphatic heterocycles. The first-order chi connectivity index (χ1) is 13.1. The molecule has 1 saturated heterocycles. The van der Waals surface area contributed by atoms with E-state index < -0.39 is 0 Å². The number of piperidine rings is 1. The Labute approximate surface area is 161 Å². The van der Waals surface area contributed by atoms with E-state index in [0.29, 0.717) is 17.4 Å². The Morgan fingerprint density at radius 3 is 2.63 bits per heavy atom. The van der Waals surface area contributed by atoms with Crippen LogP contribution < -0.4 is 9.64 Å². The van der Waals surface area contributed by atoms with Gasteiger partial charge in [-0.25, -0.2) is 4.98 Å². The van der Waals surface area contributed by atoms with Crippen molar-refractivity contribution in [3.8, 4) is 11.6 Å². The Morgan fingerprint density at radius 2 is 2.00 bits per heavy atom. The van der Waals surface area contributed by atoms with Gasteiger partial charge in [-0.3, -0.25) is 0 Å². The molecule has 0 unspecified atom stereocenters. The largest absolute Gasteiger partial charge is 0.494 e. The molecule has 7 nitrogen and oxygen atoms in total. The monoisotopic (exact) mass is 389 g/mol. The van der Waals surface area contributed by atoms with Crippen LogP contribution >= 0.6 is 11.3 Å². The number of aromatic hydroxyl groups is 1. The molecule has 0 radical (unpaired) electrons. The highest BCUT2D eigenvalue weighted by Gasteiger charge is 2.35. The maximum atomic E-state index is 10.8. The topological polar surface area (TPSA) is 84.3 Å². The third-order valence-corrected chi connectivity index (χ3v) is 6.18. The summed E-state index contributed by atoms with van der Waals surface area (Å²) in [6.07, 6.45) is 1.31. The molecular formula is C19H25N4O3S+. The molecule has 1 atom stereocenters. The van der Waals surface area contributed by atoms with Crippen LogP contribution in [0, 0.1) is 6.92 Å². The van der Waals surface area contributed by atoms with Crippen LogP contribution in [0.5, 0.6) is 11.6 Å². The minimum Gasteiger partial charge on any atom is -0.494 e. The lowest BCUT2D eigenvalue weighted by molar-refractivity contribution is -0.931. The van der Waals surface area contributed by atoms with Crippen molar-refractivity contribution >= 4 is 16.3 Å². The third-order valence-electron chi connectivity index (χ3n) is 5.10. The number of benzene rings is 1. The van der Waals surface area contributed by atoms with E-state index in [1.165, 1.54) is 20.8 Å². The van der Waals surface area contributed by atoms with Crippen LogP contribution in [0.25, 0.3) is 4.96 Å². The Hall–Kier alpha value is -2.16. The van der Waals surface area contributed by atoms with Crippen LogP contribution in [0.4, 0.5) is 0 Å². The van der Waals surface area contributed by atoms with Crippen molar-refractivity contribution in [1.29, 1.82) is 0 Å². The van der Waals surface area contributed by atoms with E-state index in [9.17, 15) is 10.2 Å². The van der Waals surface area contributed by atoms with Crippen LogP contribution in [0.3, 0.4) is 0 Å². The highest BCUT2D eigenvalue weighted by molar-refractivity contribution is 7.17. The normalized spacial score (nSPS) is 21.4. The molecule has 1 aliphatic rings. The summed E-state index contributed by atoms with van der Waals surface area (Å²) >= 11 is 1.48. The van der Waals surface area contributed by atoms with Crippen LogP contribution in [-0.4, -0.2) is 50.6 Å². The highest BCUT2D eigenvalue weighted by Crippen LogP contribution is 2.35. The Bertz CT molecular complexity index is 913. The summed E-state index contributed by atoms with van der Waals surface area (Å²) in [6, 6.07) is 8.05. The Balaban J connectivity index is 1.74. The first kappa shape index (κ1) is 18.2. The molecule has 3 aromatic rings. The van der Waals surface area contributed by atoms with Crippen LogP contribution in [0.1, 0.15) is 42.1 Å². The number of fused-ring (bicyclic) bond motifs is 1. The molecule has 0 spiro atoms. The summed E-state index contributed by atoms with van der Waals surface area (Å²) in [4.78, 5) is 7.30. The van der Waals surface area contributed by atoms with E-state index in [1.54, 1.807) is 0 Å². The van der Waals surface area contributed by atoms with Gasteiger partial charge in [0.05, 0.1) is 25.8 Å². The van der Waals surface area contributed by atoms with Gasteiger partial charge in [0.2, 0.25) is 10.8 Å². The zero-order chi connectivity index (χ0) is 19.0. The van der Waals surface area contributed by atoms with Crippen molar-refractivity contribution in [2.24, 2.45) is 0 Å². The number of ether oxygens (including phenoxy) is 1. The fourth-order valence-electron chi connectivity index (χ4n) is 3.79. The van der Waals surface area contributed by atoms with Gasteiger partial charge in [-0.2, -0.15) is 4.52 Å². The Kier molecular flexibility index (Phi) is 5.03. The van der Waals surface area contributed by atoms with Gasteiger partial charge in [0.25, 0.3) is 0 Å². The average molecular weight is 390 g/mol. The number of aryl methyl sites for hydroxylation is 1. The minimum absolute atomic E-state index is 0.0259. The van der Waals surface area contributed by atoms with Crippen LogP contribution in [0.2, 0.25) is 0 Å². The van der Waals surface area contributed by atoms with E-state index in [-0.39, 0.29) is 18.0 Å². The predicted molar refractivity (Wildman–Crippen MR) is 103 cm³/mol. The van der Waals surface area contributed by atoms with Gasteiger partial charge in [0.15, 0.2) is 6.04 Å². The van der Waals surface area contributed by atoms with Gasteiger partial charge in [-0.05, 0) is 38.1 Å². The van der Waals surface area contributed by atoms with Gasteiger partial charge in [-0.15, -0.1) is 5.10 Å². The predicted octanol–water partition coefficient (Wildman–Crippen LogP) is 1.33. The number of nitrogens with zero attached hydrogens (tertiary/aromatic N) is 3. The van der Waals surface area contributed by atoms with Crippen LogP contribution in [0.15, 0.2) is 24.3 Å². The summed E-state index contributed by atoms with van der Waals surface area (Å²) in [7, 11) is 0. The first-order valence-corrected chi connectivity index (χ1v) is 10.2.